The molecule has 0 saturated carbocycles. The van der Waals surface area contributed by atoms with E-state index in [1.54, 1.807) is 25.1 Å². The van der Waals surface area contributed by atoms with Crippen molar-refractivity contribution in [1.82, 2.24) is 9.97 Å². The molecule has 5 nitrogen and oxygen atoms in total. The second kappa shape index (κ2) is 6.39. The molecule has 0 amide bonds. The number of hydrogen-bond donors (Lipinski definition) is 2. The number of nitrogens with zero attached hydrogens (tertiary/aromatic N) is 2. The number of carboxylic acid groups (broad SMARTS) is 1. The first-order chi connectivity index (χ1) is 10.7. The third-order valence-corrected chi connectivity index (χ3v) is 3.63. The number of alkyl halides is 3. The second-order valence-electron chi connectivity index (χ2n) is 5.26. The average Bonchev–Trinajstić information content (AvgIpc) is 2.50. The Morgan fingerprint density at radius 1 is 1.30 bits per heavy atom. The first-order valence-electron chi connectivity index (χ1n) is 7.07. The van der Waals surface area contributed by atoms with Crippen LogP contribution < -0.4 is 5.32 Å². The van der Waals surface area contributed by atoms with Crippen LogP contribution in [0.15, 0.2) is 24.3 Å². The molecule has 0 spiro atoms. The molecule has 0 saturated heterocycles. The fraction of sp³-hybridized carbons (Fsp3) is 0.400. The predicted molar refractivity (Wildman–Crippen MR) is 79.0 cm³/mol. The Morgan fingerprint density at radius 2 is 1.96 bits per heavy atom. The third-order valence-electron chi connectivity index (χ3n) is 3.63. The summed E-state index contributed by atoms with van der Waals surface area (Å²) >= 11 is 0. The molecule has 0 unspecified atom stereocenters. The summed E-state index contributed by atoms with van der Waals surface area (Å²) in [7, 11) is 0. The molecule has 0 fully saturated rings. The largest absolute Gasteiger partial charge is 0.480 e. The normalized spacial score (nSPS) is 14.5. The van der Waals surface area contributed by atoms with Crippen molar-refractivity contribution in [3.63, 3.8) is 0 Å². The van der Waals surface area contributed by atoms with Gasteiger partial charge in [0.25, 0.3) is 0 Å². The Labute approximate surface area is 130 Å². The van der Waals surface area contributed by atoms with E-state index in [-0.39, 0.29) is 17.3 Å². The number of halogens is 3. The zero-order chi connectivity index (χ0) is 17.2. The monoisotopic (exact) mass is 327 g/mol. The average molecular weight is 327 g/mol. The lowest BCUT2D eigenvalue weighted by Gasteiger charge is -2.22. The molecule has 2 aromatic rings. The van der Waals surface area contributed by atoms with Gasteiger partial charge in [0, 0.05) is 5.39 Å². The standard InChI is InChI=1S/C15H16F3N3O2/c1-3-8(2)11(13(22)23)20-12-9-6-4-5-7-10(9)19-14(21-12)15(16,17)18/h4-8,11H,3H2,1-2H3,(H,22,23)(H,19,20,21)/t8-,11-/m1/s1. The van der Waals surface area contributed by atoms with E-state index in [2.05, 4.69) is 15.3 Å². The minimum atomic E-state index is -4.71. The lowest BCUT2D eigenvalue weighted by molar-refractivity contribution is -0.144. The van der Waals surface area contributed by atoms with Crippen molar-refractivity contribution < 1.29 is 23.1 Å². The van der Waals surface area contributed by atoms with Gasteiger partial charge in [-0.1, -0.05) is 32.4 Å². The lowest BCUT2D eigenvalue weighted by Crippen LogP contribution is -2.36. The van der Waals surface area contributed by atoms with Crippen molar-refractivity contribution in [2.75, 3.05) is 5.32 Å². The van der Waals surface area contributed by atoms with Crippen LogP contribution in [-0.4, -0.2) is 27.1 Å². The predicted octanol–water partition coefficient (Wildman–Crippen LogP) is 3.56. The molecule has 2 N–H and O–H groups in total. The van der Waals surface area contributed by atoms with Gasteiger partial charge in [0.15, 0.2) is 0 Å². The molecule has 124 valence electrons. The molecule has 23 heavy (non-hydrogen) atoms. The Bertz CT molecular complexity index is 719. The van der Waals surface area contributed by atoms with Crippen molar-refractivity contribution in [3.05, 3.63) is 30.1 Å². The summed E-state index contributed by atoms with van der Waals surface area (Å²) in [6.07, 6.45) is -4.16. The van der Waals surface area contributed by atoms with Gasteiger partial charge in [-0.15, -0.1) is 0 Å². The van der Waals surface area contributed by atoms with Gasteiger partial charge >= 0.3 is 12.1 Å². The van der Waals surface area contributed by atoms with Crippen LogP contribution in [0.4, 0.5) is 19.0 Å². The number of para-hydroxylation sites is 1. The van der Waals surface area contributed by atoms with Crippen LogP contribution in [-0.2, 0) is 11.0 Å². The Balaban J connectivity index is 2.55. The van der Waals surface area contributed by atoms with Crippen molar-refractivity contribution in [2.24, 2.45) is 5.92 Å². The van der Waals surface area contributed by atoms with Crippen LogP contribution in [0.25, 0.3) is 10.9 Å². The summed E-state index contributed by atoms with van der Waals surface area (Å²) in [5.74, 6) is -2.85. The number of carboxylic acids is 1. The number of aromatic nitrogens is 2. The maximum atomic E-state index is 12.9. The fourth-order valence-electron chi connectivity index (χ4n) is 2.14. The van der Waals surface area contributed by atoms with Crippen LogP contribution in [0.5, 0.6) is 0 Å². The van der Waals surface area contributed by atoms with Crippen molar-refractivity contribution in [1.29, 1.82) is 0 Å². The quantitative estimate of drug-likeness (QED) is 0.878. The van der Waals surface area contributed by atoms with Crippen LogP contribution in [0.2, 0.25) is 0 Å². The van der Waals surface area contributed by atoms with E-state index >= 15 is 0 Å². The van der Waals surface area contributed by atoms with Crippen LogP contribution >= 0.6 is 0 Å². The SMILES string of the molecule is CC[C@@H](C)[C@@H](Nc1nc(C(F)(F)F)nc2ccccc12)C(=O)O. The van der Waals surface area contributed by atoms with E-state index in [0.717, 1.165) is 0 Å². The molecule has 8 heteroatoms. The third kappa shape index (κ3) is 3.69. The van der Waals surface area contributed by atoms with Gasteiger partial charge in [0.2, 0.25) is 5.82 Å². The van der Waals surface area contributed by atoms with Crippen LogP contribution in [0.1, 0.15) is 26.1 Å². The van der Waals surface area contributed by atoms with Gasteiger partial charge in [-0.2, -0.15) is 13.2 Å². The smallest absolute Gasteiger partial charge is 0.451 e. The Morgan fingerprint density at radius 3 is 2.52 bits per heavy atom. The number of nitrogens with one attached hydrogen (secondary N) is 1. The first kappa shape index (κ1) is 17.0. The van der Waals surface area contributed by atoms with Gasteiger partial charge < -0.3 is 10.4 Å². The number of hydrogen-bond acceptors (Lipinski definition) is 4. The molecule has 1 aromatic heterocycles. The zero-order valence-electron chi connectivity index (χ0n) is 12.6. The second-order valence-corrected chi connectivity index (χ2v) is 5.26. The highest BCUT2D eigenvalue weighted by Crippen LogP contribution is 2.31. The molecular weight excluding hydrogens is 311 g/mol. The van der Waals surface area contributed by atoms with Gasteiger partial charge in [-0.3, -0.25) is 0 Å². The molecule has 2 atom stereocenters. The summed E-state index contributed by atoms with van der Waals surface area (Å²) in [5.41, 5.74) is 0.102. The maximum absolute atomic E-state index is 12.9. The lowest BCUT2D eigenvalue weighted by atomic mass is 9.99. The Hall–Kier alpha value is -2.38. The highest BCUT2D eigenvalue weighted by Gasteiger charge is 2.36. The summed E-state index contributed by atoms with van der Waals surface area (Å²) in [4.78, 5) is 18.4. The van der Waals surface area contributed by atoms with Gasteiger partial charge in [0.05, 0.1) is 5.52 Å². The van der Waals surface area contributed by atoms with Gasteiger partial charge in [0.1, 0.15) is 11.9 Å². The number of fused-ring (bicyclic) bond motifs is 1. The van der Waals surface area contributed by atoms with Crippen LogP contribution in [0.3, 0.4) is 0 Å². The fourth-order valence-corrected chi connectivity index (χ4v) is 2.14. The molecule has 0 radical (unpaired) electrons. The first-order valence-corrected chi connectivity index (χ1v) is 7.07. The van der Waals surface area contributed by atoms with E-state index < -0.39 is 24.0 Å². The van der Waals surface area contributed by atoms with E-state index in [4.69, 9.17) is 0 Å². The molecule has 1 heterocycles. The van der Waals surface area contributed by atoms with Crippen molar-refractivity contribution in [2.45, 2.75) is 32.5 Å². The molecule has 0 aliphatic rings. The number of carbonyl (C=O) groups is 1. The highest BCUT2D eigenvalue weighted by molar-refractivity contribution is 5.91. The molecule has 1 aromatic carbocycles. The van der Waals surface area contributed by atoms with E-state index in [1.807, 2.05) is 6.92 Å². The summed E-state index contributed by atoms with van der Waals surface area (Å²) < 4.78 is 38.8. The molecule has 0 aliphatic carbocycles. The van der Waals surface area contributed by atoms with E-state index in [1.165, 1.54) is 6.07 Å². The zero-order valence-corrected chi connectivity index (χ0v) is 12.6. The number of rotatable bonds is 5. The van der Waals surface area contributed by atoms with E-state index in [0.29, 0.717) is 11.8 Å². The number of benzene rings is 1. The molecular formula is C15H16F3N3O2. The molecule has 2 rings (SSSR count). The topological polar surface area (TPSA) is 75.1 Å². The molecule has 0 bridgehead atoms. The van der Waals surface area contributed by atoms with Crippen molar-refractivity contribution in [3.8, 4) is 0 Å². The summed E-state index contributed by atoms with van der Waals surface area (Å²) in [5, 5.41) is 12.3. The van der Waals surface area contributed by atoms with Gasteiger partial charge in [-0.05, 0) is 18.1 Å². The minimum absolute atomic E-state index is 0.102. The highest BCUT2D eigenvalue weighted by atomic mass is 19.4. The molecule has 0 aliphatic heterocycles. The number of anilines is 1. The summed E-state index contributed by atoms with van der Waals surface area (Å²) in [6.45, 7) is 3.52. The Kier molecular flexibility index (Phi) is 4.72. The number of aliphatic carboxylic acids is 1. The van der Waals surface area contributed by atoms with Crippen LogP contribution in [0, 0.1) is 5.92 Å². The van der Waals surface area contributed by atoms with E-state index in [9.17, 15) is 23.1 Å². The maximum Gasteiger partial charge on any atom is 0.451 e. The minimum Gasteiger partial charge on any atom is -0.480 e. The summed E-state index contributed by atoms with van der Waals surface area (Å²) in [6, 6.07) is 5.12. The van der Waals surface area contributed by atoms with Crippen molar-refractivity contribution >= 4 is 22.7 Å². The van der Waals surface area contributed by atoms with Gasteiger partial charge in [-0.25, -0.2) is 14.8 Å².